The van der Waals surface area contributed by atoms with Gasteiger partial charge in [-0.25, -0.2) is 5.43 Å². The van der Waals surface area contributed by atoms with Gasteiger partial charge in [0.1, 0.15) is 17.5 Å². The molecule has 0 aliphatic heterocycles. The Morgan fingerprint density at radius 2 is 1.96 bits per heavy atom. The van der Waals surface area contributed by atoms with Crippen LogP contribution >= 0.6 is 0 Å². The number of ether oxygens (including phenoxy) is 1. The molecule has 28 heavy (non-hydrogen) atoms. The predicted molar refractivity (Wildman–Crippen MR) is 112 cm³/mol. The summed E-state index contributed by atoms with van der Waals surface area (Å²) in [5, 5.41) is 19.3. The molecule has 0 bridgehead atoms. The van der Waals surface area contributed by atoms with Gasteiger partial charge in [0.2, 0.25) is 0 Å². The smallest absolute Gasteiger partial charge is 0.262 e. The Morgan fingerprint density at radius 1 is 1.18 bits per heavy atom. The molecule has 3 rings (SSSR count). The third kappa shape index (κ3) is 4.40. The van der Waals surface area contributed by atoms with Crippen molar-refractivity contribution < 1.29 is 14.6 Å². The summed E-state index contributed by atoms with van der Waals surface area (Å²) in [5.74, 6) is 0.392. The lowest BCUT2D eigenvalue weighted by molar-refractivity contribution is -0.121. The number of aromatic hydroxyl groups is 1. The summed E-state index contributed by atoms with van der Waals surface area (Å²) in [5.41, 5.74) is 3.88. The van der Waals surface area contributed by atoms with E-state index in [0.29, 0.717) is 17.7 Å². The zero-order valence-corrected chi connectivity index (χ0v) is 15.8. The molecule has 0 aliphatic carbocycles. The summed E-state index contributed by atoms with van der Waals surface area (Å²) in [4.78, 5) is 12.5. The van der Waals surface area contributed by atoms with Gasteiger partial charge in [0.15, 0.2) is 0 Å². The topological polar surface area (TPSA) is 83.0 Å². The number of carbonyl (C=O) groups is 1. The standard InChI is InChI=1S/C22H23N3O3/c1-3-19(24-20-10-6-8-15-7-4-5-9-18(15)20)22(27)25-23-14-16-13-17(28-2)11-12-21(16)26/h4-14,19,24,26H,3H2,1-2H3,(H,25,27)/b23-14+/t19-/m1/s1. The van der Waals surface area contributed by atoms with Crippen molar-refractivity contribution in [3.63, 3.8) is 0 Å². The van der Waals surface area contributed by atoms with Gasteiger partial charge in [-0.2, -0.15) is 5.10 Å². The molecule has 0 heterocycles. The number of benzene rings is 3. The van der Waals surface area contributed by atoms with Gasteiger partial charge in [-0.15, -0.1) is 0 Å². The van der Waals surface area contributed by atoms with Crippen molar-refractivity contribution in [3.05, 3.63) is 66.2 Å². The number of phenolic OH excluding ortho intramolecular Hbond substituents is 1. The first-order chi connectivity index (χ1) is 13.6. The molecule has 3 N–H and O–H groups in total. The number of amides is 1. The summed E-state index contributed by atoms with van der Waals surface area (Å²) in [6.07, 6.45) is 1.98. The van der Waals surface area contributed by atoms with Gasteiger partial charge in [-0.1, -0.05) is 43.3 Å². The van der Waals surface area contributed by atoms with E-state index in [-0.39, 0.29) is 11.7 Å². The van der Waals surface area contributed by atoms with Crippen molar-refractivity contribution in [1.29, 1.82) is 0 Å². The molecule has 0 saturated carbocycles. The molecule has 1 atom stereocenters. The zero-order valence-electron chi connectivity index (χ0n) is 15.8. The van der Waals surface area contributed by atoms with Crippen molar-refractivity contribution >= 4 is 28.6 Å². The fourth-order valence-corrected chi connectivity index (χ4v) is 2.90. The zero-order chi connectivity index (χ0) is 19.9. The number of nitrogens with one attached hydrogen (secondary N) is 2. The van der Waals surface area contributed by atoms with Crippen LogP contribution in [0.2, 0.25) is 0 Å². The Kier molecular flexibility index (Phi) is 6.11. The maximum Gasteiger partial charge on any atom is 0.262 e. The van der Waals surface area contributed by atoms with Crippen LogP contribution < -0.4 is 15.5 Å². The average Bonchev–Trinajstić information content (AvgIpc) is 2.73. The molecule has 6 heteroatoms. The number of carbonyl (C=O) groups excluding carboxylic acids is 1. The number of hydrogen-bond acceptors (Lipinski definition) is 5. The molecule has 6 nitrogen and oxygen atoms in total. The third-order valence-electron chi connectivity index (χ3n) is 4.46. The van der Waals surface area contributed by atoms with E-state index in [1.165, 1.54) is 12.3 Å². The first-order valence-electron chi connectivity index (χ1n) is 9.06. The van der Waals surface area contributed by atoms with E-state index in [4.69, 9.17) is 4.74 Å². The number of rotatable bonds is 7. The second-order valence-electron chi connectivity index (χ2n) is 6.29. The highest BCUT2D eigenvalue weighted by atomic mass is 16.5. The van der Waals surface area contributed by atoms with E-state index in [1.807, 2.05) is 49.4 Å². The quantitative estimate of drug-likeness (QED) is 0.431. The van der Waals surface area contributed by atoms with Gasteiger partial charge < -0.3 is 15.2 Å². The Labute approximate surface area is 163 Å². The van der Waals surface area contributed by atoms with Crippen LogP contribution in [-0.2, 0) is 4.79 Å². The van der Waals surface area contributed by atoms with E-state index in [9.17, 15) is 9.90 Å². The predicted octanol–water partition coefficient (Wildman–Crippen LogP) is 3.89. The molecule has 0 aromatic heterocycles. The number of fused-ring (bicyclic) bond motifs is 1. The van der Waals surface area contributed by atoms with Crippen molar-refractivity contribution in [3.8, 4) is 11.5 Å². The fraction of sp³-hybridized carbons (Fsp3) is 0.182. The largest absolute Gasteiger partial charge is 0.507 e. The normalized spacial score (nSPS) is 12.1. The molecule has 0 aliphatic rings. The highest BCUT2D eigenvalue weighted by Gasteiger charge is 2.16. The SMILES string of the molecule is CC[C@@H](Nc1cccc2ccccc12)C(=O)N/N=C/c1cc(OC)ccc1O. The molecule has 0 radical (unpaired) electrons. The van der Waals surface area contributed by atoms with E-state index >= 15 is 0 Å². The van der Waals surface area contributed by atoms with Crippen LogP contribution in [0.5, 0.6) is 11.5 Å². The number of hydrazone groups is 1. The Morgan fingerprint density at radius 3 is 2.75 bits per heavy atom. The van der Waals surface area contributed by atoms with E-state index in [2.05, 4.69) is 15.8 Å². The highest BCUT2D eigenvalue weighted by molar-refractivity contribution is 5.96. The van der Waals surface area contributed by atoms with Gasteiger partial charge in [0.05, 0.1) is 13.3 Å². The van der Waals surface area contributed by atoms with Gasteiger partial charge >= 0.3 is 0 Å². The molecule has 1 amide bonds. The molecule has 3 aromatic carbocycles. The lowest BCUT2D eigenvalue weighted by Gasteiger charge is -2.18. The number of anilines is 1. The van der Waals surface area contributed by atoms with Crippen LogP contribution in [0.15, 0.2) is 65.8 Å². The molecular formula is C22H23N3O3. The Hall–Kier alpha value is -3.54. The monoisotopic (exact) mass is 377 g/mol. The molecule has 3 aromatic rings. The first-order valence-corrected chi connectivity index (χ1v) is 9.06. The second kappa shape index (κ2) is 8.90. The lowest BCUT2D eigenvalue weighted by Crippen LogP contribution is -2.36. The van der Waals surface area contributed by atoms with Gasteiger partial charge in [0.25, 0.3) is 5.91 Å². The summed E-state index contributed by atoms with van der Waals surface area (Å²) in [7, 11) is 1.54. The molecule has 0 fully saturated rings. The van der Waals surface area contributed by atoms with Crippen LogP contribution in [0.1, 0.15) is 18.9 Å². The highest BCUT2D eigenvalue weighted by Crippen LogP contribution is 2.24. The van der Waals surface area contributed by atoms with Gasteiger partial charge in [-0.05, 0) is 36.1 Å². The van der Waals surface area contributed by atoms with E-state index in [1.54, 1.807) is 19.2 Å². The minimum Gasteiger partial charge on any atom is -0.507 e. The number of nitrogens with zero attached hydrogens (tertiary/aromatic N) is 1. The molecule has 0 saturated heterocycles. The Bertz CT molecular complexity index is 996. The van der Waals surface area contributed by atoms with Crippen LogP contribution in [0.3, 0.4) is 0 Å². The Balaban J connectivity index is 1.70. The van der Waals surface area contributed by atoms with Gasteiger partial charge in [-0.3, -0.25) is 4.79 Å². The van der Waals surface area contributed by atoms with Crippen molar-refractivity contribution in [1.82, 2.24) is 5.43 Å². The maximum absolute atomic E-state index is 12.5. The maximum atomic E-state index is 12.5. The second-order valence-corrected chi connectivity index (χ2v) is 6.29. The number of phenols is 1. The number of methoxy groups -OCH3 is 1. The van der Waals surface area contributed by atoms with Crippen LogP contribution in [0.4, 0.5) is 5.69 Å². The fourth-order valence-electron chi connectivity index (χ4n) is 2.90. The van der Waals surface area contributed by atoms with Crippen molar-refractivity contribution in [2.45, 2.75) is 19.4 Å². The van der Waals surface area contributed by atoms with Crippen molar-refractivity contribution in [2.24, 2.45) is 5.10 Å². The van der Waals surface area contributed by atoms with Crippen LogP contribution in [0, 0.1) is 0 Å². The van der Waals surface area contributed by atoms with Gasteiger partial charge in [0, 0.05) is 16.6 Å². The lowest BCUT2D eigenvalue weighted by atomic mass is 10.1. The van der Waals surface area contributed by atoms with Crippen molar-refractivity contribution in [2.75, 3.05) is 12.4 Å². The van der Waals surface area contributed by atoms with Crippen LogP contribution in [-0.4, -0.2) is 30.4 Å². The molecule has 0 unspecified atom stereocenters. The first kappa shape index (κ1) is 19.2. The van der Waals surface area contributed by atoms with Crippen LogP contribution in [0.25, 0.3) is 10.8 Å². The molecule has 144 valence electrons. The molecular weight excluding hydrogens is 354 g/mol. The van der Waals surface area contributed by atoms with E-state index < -0.39 is 6.04 Å². The summed E-state index contributed by atoms with van der Waals surface area (Å²) < 4.78 is 5.12. The average molecular weight is 377 g/mol. The minimum atomic E-state index is -0.443. The number of hydrogen-bond donors (Lipinski definition) is 3. The summed E-state index contributed by atoms with van der Waals surface area (Å²) >= 11 is 0. The summed E-state index contributed by atoms with van der Waals surface area (Å²) in [6, 6.07) is 18.3. The summed E-state index contributed by atoms with van der Waals surface area (Å²) in [6.45, 7) is 1.93. The molecule has 0 spiro atoms. The van der Waals surface area contributed by atoms with E-state index in [0.717, 1.165) is 16.5 Å². The third-order valence-corrected chi connectivity index (χ3v) is 4.46. The minimum absolute atomic E-state index is 0.0553.